The first-order valence-electron chi connectivity index (χ1n) is 4.03. The molecule has 0 aromatic carbocycles. The molecule has 1 heteroatoms. The first-order valence-corrected chi connectivity index (χ1v) is 4.03. The molecule has 0 bridgehead atoms. The summed E-state index contributed by atoms with van der Waals surface area (Å²) in [5.41, 5.74) is 5.03. The third-order valence-corrected chi connectivity index (χ3v) is 0.996. The second kappa shape index (κ2) is 15.7. The van der Waals surface area contributed by atoms with E-state index < -0.39 is 0 Å². The third-order valence-electron chi connectivity index (χ3n) is 0.996. The maximum Gasteiger partial charge on any atom is -0.00799 e. The Kier molecular flexibility index (Phi) is 20.4. The molecule has 0 aliphatic heterocycles. The molecule has 0 heterocycles. The van der Waals surface area contributed by atoms with Gasteiger partial charge >= 0.3 is 0 Å². The zero-order valence-corrected chi connectivity index (χ0v) is 7.11. The zero-order chi connectivity index (χ0) is 7.54. The lowest BCUT2D eigenvalue weighted by Crippen LogP contribution is -1.93. The van der Waals surface area contributed by atoms with Gasteiger partial charge in [-0.3, -0.25) is 0 Å². The number of hydrogen-bond donors (Lipinski definition) is 1. The highest BCUT2D eigenvalue weighted by atomic mass is 14.5. The molecule has 0 saturated carbocycles. The summed E-state index contributed by atoms with van der Waals surface area (Å²) in [7, 11) is 0. The third kappa shape index (κ3) is 32.3. The van der Waals surface area contributed by atoms with Crippen molar-refractivity contribution < 1.29 is 0 Å². The van der Waals surface area contributed by atoms with E-state index in [0.29, 0.717) is 0 Å². The first kappa shape index (κ1) is 11.7. The number of rotatable bonds is 3. The minimum atomic E-state index is 0.819. The van der Waals surface area contributed by atoms with E-state index in [1.807, 2.05) is 0 Å². The van der Waals surface area contributed by atoms with Crippen molar-refractivity contribution in [1.82, 2.24) is 0 Å². The minimum absolute atomic E-state index is 0.819. The van der Waals surface area contributed by atoms with E-state index in [-0.39, 0.29) is 0 Å². The topological polar surface area (TPSA) is 26.0 Å². The normalized spacial score (nSPS) is 8.00. The van der Waals surface area contributed by atoms with Crippen LogP contribution in [0.2, 0.25) is 0 Å². The molecule has 58 valence electrons. The van der Waals surface area contributed by atoms with Gasteiger partial charge in [0.05, 0.1) is 0 Å². The molecular weight excluding hydrogens is 110 g/mol. The van der Waals surface area contributed by atoms with Gasteiger partial charge in [0, 0.05) is 0 Å². The van der Waals surface area contributed by atoms with Crippen LogP contribution < -0.4 is 5.73 Å². The van der Waals surface area contributed by atoms with Gasteiger partial charge in [-0.05, 0) is 13.0 Å². The molecule has 2 N–H and O–H groups in total. The van der Waals surface area contributed by atoms with Crippen LogP contribution in [0.15, 0.2) is 0 Å². The van der Waals surface area contributed by atoms with E-state index in [2.05, 4.69) is 20.8 Å². The fourth-order valence-corrected chi connectivity index (χ4v) is 0.354. The van der Waals surface area contributed by atoms with Crippen molar-refractivity contribution in [3.8, 4) is 0 Å². The van der Waals surface area contributed by atoms with Crippen LogP contribution in [0.1, 0.15) is 46.5 Å². The van der Waals surface area contributed by atoms with Crippen molar-refractivity contribution in [2.45, 2.75) is 46.5 Å². The van der Waals surface area contributed by atoms with Gasteiger partial charge in [0.25, 0.3) is 0 Å². The maximum absolute atomic E-state index is 5.03. The van der Waals surface area contributed by atoms with Gasteiger partial charge in [0.15, 0.2) is 0 Å². The van der Waals surface area contributed by atoms with Gasteiger partial charge in [0.2, 0.25) is 0 Å². The van der Waals surface area contributed by atoms with Crippen LogP contribution in [0.25, 0.3) is 0 Å². The fraction of sp³-hybridized carbons (Fsp3) is 1.00. The van der Waals surface area contributed by atoms with Crippen LogP contribution in [0.5, 0.6) is 0 Å². The average molecular weight is 131 g/mol. The van der Waals surface area contributed by atoms with E-state index in [9.17, 15) is 0 Å². The Bertz CT molecular complexity index is 23.7. The van der Waals surface area contributed by atoms with Crippen LogP contribution >= 0.6 is 0 Å². The van der Waals surface area contributed by atoms with Gasteiger partial charge in [-0.15, -0.1) is 0 Å². The molecule has 0 aliphatic rings. The summed E-state index contributed by atoms with van der Waals surface area (Å²) in [6.07, 6.45) is 5.17. The van der Waals surface area contributed by atoms with Crippen LogP contribution in [0, 0.1) is 0 Å². The largest absolute Gasteiger partial charge is 0.330 e. The first-order chi connectivity index (χ1) is 4.33. The Balaban J connectivity index is 0. The molecule has 0 aromatic heterocycles. The highest BCUT2D eigenvalue weighted by Crippen LogP contribution is 1.88. The highest BCUT2D eigenvalue weighted by molar-refractivity contribution is 4.24. The summed E-state index contributed by atoms with van der Waals surface area (Å²) >= 11 is 0. The van der Waals surface area contributed by atoms with Gasteiger partial charge in [0.1, 0.15) is 0 Å². The molecule has 0 radical (unpaired) electrons. The Labute approximate surface area is 59.6 Å². The quantitative estimate of drug-likeness (QED) is 0.626. The summed E-state index contributed by atoms with van der Waals surface area (Å²) < 4.78 is 0. The molecule has 9 heavy (non-hydrogen) atoms. The fourth-order valence-electron chi connectivity index (χ4n) is 0.354. The van der Waals surface area contributed by atoms with Gasteiger partial charge in [-0.25, -0.2) is 0 Å². The van der Waals surface area contributed by atoms with E-state index in [4.69, 9.17) is 5.73 Å². The molecule has 0 unspecified atom stereocenters. The molecular formula is C8H21N. The lowest BCUT2D eigenvalue weighted by atomic mass is 10.3. The van der Waals surface area contributed by atoms with E-state index >= 15 is 0 Å². The lowest BCUT2D eigenvalue weighted by Gasteiger charge is -1.79. The number of unbranched alkanes of at least 4 members (excludes halogenated alkanes) is 2. The van der Waals surface area contributed by atoms with Crippen LogP contribution in [0.3, 0.4) is 0 Å². The van der Waals surface area contributed by atoms with Gasteiger partial charge in [-0.1, -0.05) is 40.0 Å². The van der Waals surface area contributed by atoms with Crippen molar-refractivity contribution in [2.75, 3.05) is 6.54 Å². The SMILES string of the molecule is CCCCC.CCCN. The van der Waals surface area contributed by atoms with E-state index in [0.717, 1.165) is 13.0 Å². The minimum Gasteiger partial charge on any atom is -0.330 e. The summed E-state index contributed by atoms with van der Waals surface area (Å²) in [6, 6.07) is 0. The Hall–Kier alpha value is -0.0400. The average Bonchev–Trinajstić information content (AvgIpc) is 1.91. The van der Waals surface area contributed by atoms with Crippen molar-refractivity contribution in [3.05, 3.63) is 0 Å². The molecule has 0 rings (SSSR count). The van der Waals surface area contributed by atoms with Crippen molar-refractivity contribution in [3.63, 3.8) is 0 Å². The second-order valence-electron chi connectivity index (χ2n) is 2.14. The molecule has 0 spiro atoms. The zero-order valence-electron chi connectivity index (χ0n) is 7.11. The molecule has 0 saturated heterocycles. The molecule has 0 atom stereocenters. The molecule has 0 aromatic rings. The lowest BCUT2D eigenvalue weighted by molar-refractivity contribution is 0.772. The standard InChI is InChI=1S/C5H12.C3H9N/c1-3-5-4-2;1-2-3-4/h3-5H2,1-2H3;2-4H2,1H3. The summed E-state index contributed by atoms with van der Waals surface area (Å²) in [6.45, 7) is 7.30. The van der Waals surface area contributed by atoms with Gasteiger partial charge < -0.3 is 5.73 Å². The van der Waals surface area contributed by atoms with Crippen LogP contribution in [0.4, 0.5) is 0 Å². The summed E-state index contributed by atoms with van der Waals surface area (Å²) in [5, 5.41) is 0. The molecule has 0 aliphatic carbocycles. The number of hydrogen-bond acceptors (Lipinski definition) is 1. The van der Waals surface area contributed by atoms with Crippen molar-refractivity contribution >= 4 is 0 Å². The van der Waals surface area contributed by atoms with Gasteiger partial charge in [-0.2, -0.15) is 0 Å². The van der Waals surface area contributed by atoms with Crippen LogP contribution in [-0.4, -0.2) is 6.54 Å². The van der Waals surface area contributed by atoms with Crippen LogP contribution in [-0.2, 0) is 0 Å². The van der Waals surface area contributed by atoms with Crippen molar-refractivity contribution in [1.29, 1.82) is 0 Å². The number of nitrogens with two attached hydrogens (primary N) is 1. The van der Waals surface area contributed by atoms with Crippen molar-refractivity contribution in [2.24, 2.45) is 5.73 Å². The highest BCUT2D eigenvalue weighted by Gasteiger charge is 1.68. The molecule has 1 nitrogen and oxygen atoms in total. The molecule has 0 fully saturated rings. The molecule has 0 amide bonds. The Morgan fingerprint density at radius 2 is 1.22 bits per heavy atom. The second-order valence-corrected chi connectivity index (χ2v) is 2.14. The summed E-state index contributed by atoms with van der Waals surface area (Å²) in [5.74, 6) is 0. The Morgan fingerprint density at radius 3 is 1.22 bits per heavy atom. The summed E-state index contributed by atoms with van der Waals surface area (Å²) in [4.78, 5) is 0. The van der Waals surface area contributed by atoms with E-state index in [1.165, 1.54) is 19.3 Å². The smallest absolute Gasteiger partial charge is 0.00799 e. The maximum atomic E-state index is 5.03. The monoisotopic (exact) mass is 131 g/mol. The predicted molar refractivity (Wildman–Crippen MR) is 44.5 cm³/mol. The van der Waals surface area contributed by atoms with E-state index in [1.54, 1.807) is 0 Å². The predicted octanol–water partition coefficient (Wildman–Crippen LogP) is 2.55. The Morgan fingerprint density at radius 1 is 0.889 bits per heavy atom.